The number of carbonyl (C=O) groups is 2. The van der Waals surface area contributed by atoms with Crippen molar-refractivity contribution in [3.63, 3.8) is 0 Å². The summed E-state index contributed by atoms with van der Waals surface area (Å²) in [5.74, 6) is 1.18. The van der Waals surface area contributed by atoms with E-state index in [1.165, 1.54) is 0 Å². The van der Waals surface area contributed by atoms with E-state index in [0.717, 1.165) is 19.6 Å². The average Bonchev–Trinajstić information content (AvgIpc) is 2.95. The molecule has 0 saturated carbocycles. The van der Waals surface area contributed by atoms with Crippen LogP contribution in [0.2, 0.25) is 0 Å². The summed E-state index contributed by atoms with van der Waals surface area (Å²) in [5.41, 5.74) is 0. The van der Waals surface area contributed by atoms with Crippen LogP contribution in [0.5, 0.6) is 0 Å². The van der Waals surface area contributed by atoms with Crippen molar-refractivity contribution in [1.82, 2.24) is 19.8 Å². The highest BCUT2D eigenvalue weighted by atomic mass is 16.2. The number of nitrogens with zero attached hydrogens (tertiary/aromatic N) is 5. The number of anilines is 1. The van der Waals surface area contributed by atoms with Gasteiger partial charge >= 0.3 is 0 Å². The van der Waals surface area contributed by atoms with E-state index in [2.05, 4.69) is 28.7 Å². The maximum Gasteiger partial charge on any atom is 0.228 e. The molecule has 0 bridgehead atoms. The Morgan fingerprint density at radius 3 is 2.50 bits per heavy atom. The summed E-state index contributed by atoms with van der Waals surface area (Å²) in [4.78, 5) is 39.1. The molecule has 1 aromatic heterocycles. The predicted octanol–water partition coefficient (Wildman–Crippen LogP) is 0.630. The van der Waals surface area contributed by atoms with E-state index in [9.17, 15) is 9.59 Å². The minimum Gasteiger partial charge on any atom is -0.342 e. The van der Waals surface area contributed by atoms with Crippen molar-refractivity contribution in [3.05, 3.63) is 18.5 Å². The lowest BCUT2D eigenvalue weighted by Crippen LogP contribution is -2.51. The van der Waals surface area contributed by atoms with Gasteiger partial charge in [0.1, 0.15) is 0 Å². The molecular weight excluding hydrogens is 306 g/mol. The Kier molecular flexibility index (Phi) is 4.97. The van der Waals surface area contributed by atoms with Gasteiger partial charge in [0.2, 0.25) is 17.8 Å². The number of hydrogen-bond acceptors (Lipinski definition) is 5. The third kappa shape index (κ3) is 3.66. The van der Waals surface area contributed by atoms with E-state index in [0.29, 0.717) is 37.9 Å². The number of carbonyl (C=O) groups excluding carboxylic acids is 2. The van der Waals surface area contributed by atoms with Crippen LogP contribution in [0.3, 0.4) is 0 Å². The molecule has 0 spiro atoms. The van der Waals surface area contributed by atoms with Crippen molar-refractivity contribution in [2.75, 3.05) is 44.2 Å². The van der Waals surface area contributed by atoms with Crippen LogP contribution in [-0.4, -0.2) is 70.9 Å². The molecule has 1 aromatic rings. The van der Waals surface area contributed by atoms with Crippen molar-refractivity contribution >= 4 is 17.8 Å². The van der Waals surface area contributed by atoms with E-state index in [4.69, 9.17) is 0 Å². The molecule has 1 unspecified atom stereocenters. The second-order valence-corrected chi connectivity index (χ2v) is 6.95. The van der Waals surface area contributed by atoms with Gasteiger partial charge in [0.15, 0.2) is 0 Å². The van der Waals surface area contributed by atoms with Crippen molar-refractivity contribution < 1.29 is 9.59 Å². The molecule has 3 rings (SSSR count). The minimum atomic E-state index is -0.184. The Labute approximate surface area is 142 Å². The zero-order valence-corrected chi connectivity index (χ0v) is 14.4. The van der Waals surface area contributed by atoms with Crippen molar-refractivity contribution in [1.29, 1.82) is 0 Å². The fraction of sp³-hybridized carbons (Fsp3) is 0.647. The van der Waals surface area contributed by atoms with Gasteiger partial charge in [0.25, 0.3) is 0 Å². The average molecular weight is 331 g/mol. The van der Waals surface area contributed by atoms with Gasteiger partial charge in [-0.25, -0.2) is 9.97 Å². The van der Waals surface area contributed by atoms with Crippen LogP contribution >= 0.6 is 0 Å². The monoisotopic (exact) mass is 331 g/mol. The second-order valence-electron chi connectivity index (χ2n) is 6.95. The van der Waals surface area contributed by atoms with Crippen LogP contribution in [0.4, 0.5) is 5.95 Å². The molecule has 7 nitrogen and oxygen atoms in total. The smallest absolute Gasteiger partial charge is 0.228 e. The first-order chi connectivity index (χ1) is 11.5. The first-order valence-corrected chi connectivity index (χ1v) is 8.63. The molecule has 24 heavy (non-hydrogen) atoms. The molecule has 2 saturated heterocycles. The van der Waals surface area contributed by atoms with E-state index >= 15 is 0 Å². The van der Waals surface area contributed by atoms with Gasteiger partial charge in [-0.3, -0.25) is 9.59 Å². The lowest BCUT2D eigenvalue weighted by Gasteiger charge is -2.35. The van der Waals surface area contributed by atoms with Crippen LogP contribution in [0.1, 0.15) is 20.3 Å². The topological polar surface area (TPSA) is 69.6 Å². The lowest BCUT2D eigenvalue weighted by molar-refractivity contribution is -0.136. The molecule has 130 valence electrons. The molecule has 0 aliphatic carbocycles. The highest BCUT2D eigenvalue weighted by molar-refractivity contribution is 5.89. The number of aromatic nitrogens is 2. The minimum absolute atomic E-state index is 0.110. The normalized spacial score (nSPS) is 21.7. The maximum absolute atomic E-state index is 12.7. The second kappa shape index (κ2) is 7.15. The Bertz CT molecular complexity index is 584. The fourth-order valence-electron chi connectivity index (χ4n) is 3.39. The van der Waals surface area contributed by atoms with E-state index in [1.54, 1.807) is 18.5 Å². The molecule has 2 amide bonds. The third-order valence-corrected chi connectivity index (χ3v) is 4.58. The molecule has 2 aliphatic heterocycles. The van der Waals surface area contributed by atoms with Gasteiger partial charge in [0, 0.05) is 58.1 Å². The first kappa shape index (κ1) is 16.7. The van der Waals surface area contributed by atoms with Gasteiger partial charge in [0.05, 0.1) is 5.92 Å². The molecular formula is C17H25N5O2. The summed E-state index contributed by atoms with van der Waals surface area (Å²) in [5, 5.41) is 0. The number of likely N-dealkylation sites (tertiary alicyclic amines) is 1. The summed E-state index contributed by atoms with van der Waals surface area (Å²) in [6.45, 7) is 8.26. The third-order valence-electron chi connectivity index (χ3n) is 4.58. The van der Waals surface area contributed by atoms with Gasteiger partial charge in [-0.05, 0) is 12.0 Å². The Morgan fingerprint density at radius 1 is 1.21 bits per heavy atom. The van der Waals surface area contributed by atoms with Crippen molar-refractivity contribution in [2.45, 2.75) is 20.3 Å². The standard InChI is InChI=1S/C17H25N5O2/c1-13(2)11-22-12-14(10-15(22)23)16(24)20-6-8-21(9-7-20)17-18-4-3-5-19-17/h3-5,13-14H,6-12H2,1-2H3. The van der Waals surface area contributed by atoms with Crippen LogP contribution < -0.4 is 4.90 Å². The van der Waals surface area contributed by atoms with Gasteiger partial charge in [-0.1, -0.05) is 13.8 Å². The Morgan fingerprint density at radius 2 is 1.88 bits per heavy atom. The Hall–Kier alpha value is -2.18. The van der Waals surface area contributed by atoms with Crippen molar-refractivity contribution in [2.24, 2.45) is 11.8 Å². The quantitative estimate of drug-likeness (QED) is 0.809. The largest absolute Gasteiger partial charge is 0.342 e. The zero-order chi connectivity index (χ0) is 17.1. The van der Waals surface area contributed by atoms with E-state index in [-0.39, 0.29) is 17.7 Å². The van der Waals surface area contributed by atoms with Crippen LogP contribution in [0.25, 0.3) is 0 Å². The first-order valence-electron chi connectivity index (χ1n) is 8.63. The fourth-order valence-corrected chi connectivity index (χ4v) is 3.39. The molecule has 2 fully saturated rings. The van der Waals surface area contributed by atoms with Crippen molar-refractivity contribution in [3.8, 4) is 0 Å². The number of amides is 2. The highest BCUT2D eigenvalue weighted by Crippen LogP contribution is 2.22. The molecule has 1 atom stereocenters. The van der Waals surface area contributed by atoms with Crippen LogP contribution in [0, 0.1) is 11.8 Å². The number of piperazine rings is 1. The molecule has 3 heterocycles. The van der Waals surface area contributed by atoms with Gasteiger partial charge in [-0.2, -0.15) is 0 Å². The molecule has 2 aliphatic rings. The van der Waals surface area contributed by atoms with E-state index in [1.807, 2.05) is 9.80 Å². The summed E-state index contributed by atoms with van der Waals surface area (Å²) < 4.78 is 0. The molecule has 0 N–H and O–H groups in total. The summed E-state index contributed by atoms with van der Waals surface area (Å²) in [6, 6.07) is 1.79. The Balaban J connectivity index is 1.53. The molecule has 0 aromatic carbocycles. The zero-order valence-electron chi connectivity index (χ0n) is 14.4. The summed E-state index contributed by atoms with van der Waals surface area (Å²) in [6.07, 6.45) is 3.81. The van der Waals surface area contributed by atoms with Gasteiger partial charge in [-0.15, -0.1) is 0 Å². The SMILES string of the molecule is CC(C)CN1CC(C(=O)N2CCN(c3ncccn3)CC2)CC1=O. The number of rotatable bonds is 4. The summed E-state index contributed by atoms with van der Waals surface area (Å²) in [7, 11) is 0. The van der Waals surface area contributed by atoms with Crippen LogP contribution in [-0.2, 0) is 9.59 Å². The summed E-state index contributed by atoms with van der Waals surface area (Å²) >= 11 is 0. The van der Waals surface area contributed by atoms with Crippen LogP contribution in [0.15, 0.2) is 18.5 Å². The molecule has 0 radical (unpaired) electrons. The maximum atomic E-state index is 12.7. The van der Waals surface area contributed by atoms with E-state index < -0.39 is 0 Å². The predicted molar refractivity (Wildman–Crippen MR) is 90.4 cm³/mol. The lowest BCUT2D eigenvalue weighted by atomic mass is 10.1. The number of hydrogen-bond donors (Lipinski definition) is 0. The molecule has 7 heteroatoms. The van der Waals surface area contributed by atoms with Gasteiger partial charge < -0.3 is 14.7 Å². The highest BCUT2D eigenvalue weighted by Gasteiger charge is 2.37.